The molecule has 0 bridgehead atoms. The Morgan fingerprint density at radius 3 is 2.72 bits per heavy atom. The molecular weight excluding hydrogens is 368 g/mol. The van der Waals surface area contributed by atoms with Crippen LogP contribution in [-0.4, -0.2) is 43.8 Å². The number of hydrogen-bond donors (Lipinski definition) is 1. The molecule has 0 aliphatic carbocycles. The van der Waals surface area contributed by atoms with Gasteiger partial charge < -0.3 is 19.5 Å². The molecular formula is C23H28N2O4. The number of hydrogen-bond acceptors (Lipinski definition) is 5. The number of carbonyl (C=O) groups excluding carboxylic acids is 1. The standard InChI is InChI=1S/C23H28N2O4/c1-27-16-23(26)24-22-8-4-5-13-25(22)14-17-9-11-18(12-10-17)21-15-28-19-6-2-3-7-20(19)29-21/h2-3,6-7,9-12,21-22H,4-5,8,13-16H2,1H3,(H,24,26)/t21-,22?/m1/s1. The minimum atomic E-state index is -0.102. The zero-order valence-electron chi connectivity index (χ0n) is 16.8. The van der Waals surface area contributed by atoms with Crippen molar-refractivity contribution in [3.05, 3.63) is 59.7 Å². The predicted molar refractivity (Wildman–Crippen MR) is 110 cm³/mol. The Bertz CT molecular complexity index is 824. The van der Waals surface area contributed by atoms with Gasteiger partial charge in [-0.1, -0.05) is 36.4 Å². The van der Waals surface area contributed by atoms with Crippen molar-refractivity contribution in [2.24, 2.45) is 0 Å². The second-order valence-corrected chi connectivity index (χ2v) is 7.59. The van der Waals surface area contributed by atoms with Gasteiger partial charge in [-0.3, -0.25) is 9.69 Å². The molecule has 6 nitrogen and oxygen atoms in total. The average molecular weight is 396 g/mol. The van der Waals surface area contributed by atoms with E-state index in [0.717, 1.165) is 49.4 Å². The minimum absolute atomic E-state index is 0.0607. The van der Waals surface area contributed by atoms with Crippen molar-refractivity contribution < 1.29 is 19.0 Å². The second kappa shape index (κ2) is 9.29. The van der Waals surface area contributed by atoms with Crippen molar-refractivity contribution in [3.63, 3.8) is 0 Å². The van der Waals surface area contributed by atoms with Gasteiger partial charge in [-0.2, -0.15) is 0 Å². The van der Waals surface area contributed by atoms with Crippen molar-refractivity contribution in [2.45, 2.75) is 38.1 Å². The Hall–Kier alpha value is -2.57. The molecule has 29 heavy (non-hydrogen) atoms. The van der Waals surface area contributed by atoms with Crippen LogP contribution < -0.4 is 14.8 Å². The number of amides is 1. The summed E-state index contributed by atoms with van der Waals surface area (Å²) in [4.78, 5) is 14.3. The maximum Gasteiger partial charge on any atom is 0.247 e. The Morgan fingerprint density at radius 2 is 1.93 bits per heavy atom. The number of piperidine rings is 1. The van der Waals surface area contributed by atoms with E-state index in [9.17, 15) is 4.79 Å². The molecule has 4 rings (SSSR count). The van der Waals surface area contributed by atoms with Crippen LogP contribution >= 0.6 is 0 Å². The highest BCUT2D eigenvalue weighted by Crippen LogP contribution is 2.35. The van der Waals surface area contributed by atoms with Gasteiger partial charge in [0, 0.05) is 20.2 Å². The van der Waals surface area contributed by atoms with E-state index in [2.05, 4.69) is 34.5 Å². The fraction of sp³-hybridized carbons (Fsp3) is 0.435. The highest BCUT2D eigenvalue weighted by molar-refractivity contribution is 5.77. The highest BCUT2D eigenvalue weighted by atomic mass is 16.6. The summed E-state index contributed by atoms with van der Waals surface area (Å²) < 4.78 is 16.9. The molecule has 0 spiro atoms. The van der Waals surface area contributed by atoms with Gasteiger partial charge >= 0.3 is 0 Å². The van der Waals surface area contributed by atoms with E-state index in [-0.39, 0.29) is 24.8 Å². The van der Waals surface area contributed by atoms with Crippen LogP contribution in [0.25, 0.3) is 0 Å². The molecule has 2 aromatic rings. The fourth-order valence-electron chi connectivity index (χ4n) is 3.96. The minimum Gasteiger partial charge on any atom is -0.485 e. The molecule has 0 radical (unpaired) electrons. The number of benzene rings is 2. The van der Waals surface area contributed by atoms with Gasteiger partial charge in [0.2, 0.25) is 5.91 Å². The van der Waals surface area contributed by atoms with E-state index in [0.29, 0.717) is 6.61 Å². The highest BCUT2D eigenvalue weighted by Gasteiger charge is 2.25. The van der Waals surface area contributed by atoms with E-state index in [1.165, 1.54) is 5.56 Å². The van der Waals surface area contributed by atoms with Crippen LogP contribution in [0.3, 0.4) is 0 Å². The fourth-order valence-corrected chi connectivity index (χ4v) is 3.96. The largest absolute Gasteiger partial charge is 0.485 e. The molecule has 6 heteroatoms. The van der Waals surface area contributed by atoms with Crippen molar-refractivity contribution in [3.8, 4) is 11.5 Å². The van der Waals surface area contributed by atoms with Gasteiger partial charge in [0.25, 0.3) is 0 Å². The van der Waals surface area contributed by atoms with E-state index >= 15 is 0 Å². The summed E-state index contributed by atoms with van der Waals surface area (Å²) in [6.07, 6.45) is 3.22. The molecule has 1 saturated heterocycles. The Balaban J connectivity index is 1.38. The van der Waals surface area contributed by atoms with Crippen LogP contribution in [-0.2, 0) is 16.1 Å². The zero-order chi connectivity index (χ0) is 20.1. The summed E-state index contributed by atoms with van der Waals surface area (Å²) in [5.74, 6) is 1.53. The van der Waals surface area contributed by atoms with Crippen LogP contribution in [0, 0.1) is 0 Å². The number of nitrogens with zero attached hydrogens (tertiary/aromatic N) is 1. The molecule has 1 fully saturated rings. The number of nitrogens with one attached hydrogen (secondary N) is 1. The number of rotatable bonds is 6. The number of likely N-dealkylation sites (tertiary alicyclic amines) is 1. The maximum absolute atomic E-state index is 11.9. The third-order valence-corrected chi connectivity index (χ3v) is 5.46. The summed E-state index contributed by atoms with van der Waals surface area (Å²) in [7, 11) is 1.54. The first-order valence-electron chi connectivity index (χ1n) is 10.2. The molecule has 154 valence electrons. The predicted octanol–water partition coefficient (Wildman–Crippen LogP) is 3.27. The van der Waals surface area contributed by atoms with E-state index in [1.807, 2.05) is 24.3 Å². The van der Waals surface area contributed by atoms with Gasteiger partial charge in [0.05, 0.1) is 6.17 Å². The van der Waals surface area contributed by atoms with E-state index in [4.69, 9.17) is 14.2 Å². The van der Waals surface area contributed by atoms with Crippen LogP contribution in [0.2, 0.25) is 0 Å². The van der Waals surface area contributed by atoms with Crippen molar-refractivity contribution in [1.29, 1.82) is 0 Å². The van der Waals surface area contributed by atoms with Crippen LogP contribution in [0.15, 0.2) is 48.5 Å². The summed E-state index contributed by atoms with van der Waals surface area (Å²) in [6, 6.07) is 16.3. The number of carbonyl (C=O) groups is 1. The first-order chi connectivity index (χ1) is 14.2. The van der Waals surface area contributed by atoms with Gasteiger partial charge in [0.1, 0.15) is 13.2 Å². The third kappa shape index (κ3) is 4.89. The topological polar surface area (TPSA) is 60.0 Å². The molecule has 0 aromatic heterocycles. The number of ether oxygens (including phenoxy) is 3. The molecule has 2 atom stereocenters. The smallest absolute Gasteiger partial charge is 0.247 e. The lowest BCUT2D eigenvalue weighted by atomic mass is 10.0. The Kier molecular flexibility index (Phi) is 6.32. The van der Waals surface area contributed by atoms with Crippen LogP contribution in [0.5, 0.6) is 11.5 Å². The maximum atomic E-state index is 11.9. The van der Waals surface area contributed by atoms with E-state index in [1.54, 1.807) is 7.11 Å². The van der Waals surface area contributed by atoms with Crippen LogP contribution in [0.1, 0.15) is 36.5 Å². The van der Waals surface area contributed by atoms with Crippen LogP contribution in [0.4, 0.5) is 0 Å². The molecule has 1 N–H and O–H groups in total. The summed E-state index contributed by atoms with van der Waals surface area (Å²) in [5, 5.41) is 3.09. The SMILES string of the molecule is COCC(=O)NC1CCCCN1Cc1ccc([C@H]2COc3ccccc3O2)cc1. The average Bonchev–Trinajstić information content (AvgIpc) is 2.75. The molecule has 1 amide bonds. The lowest BCUT2D eigenvalue weighted by molar-refractivity contribution is -0.127. The summed E-state index contributed by atoms with van der Waals surface area (Å²) >= 11 is 0. The lowest BCUT2D eigenvalue weighted by Crippen LogP contribution is -2.51. The number of fused-ring (bicyclic) bond motifs is 1. The quantitative estimate of drug-likeness (QED) is 0.812. The summed E-state index contributed by atoms with van der Waals surface area (Å²) in [5.41, 5.74) is 2.32. The van der Waals surface area contributed by atoms with Gasteiger partial charge in [0.15, 0.2) is 17.6 Å². The zero-order valence-corrected chi connectivity index (χ0v) is 16.8. The number of para-hydroxylation sites is 2. The molecule has 2 aromatic carbocycles. The van der Waals surface area contributed by atoms with Crippen molar-refractivity contribution in [1.82, 2.24) is 10.2 Å². The lowest BCUT2D eigenvalue weighted by Gasteiger charge is -2.36. The summed E-state index contributed by atoms with van der Waals surface area (Å²) in [6.45, 7) is 2.40. The third-order valence-electron chi connectivity index (χ3n) is 5.46. The first-order valence-corrected chi connectivity index (χ1v) is 10.2. The van der Waals surface area contributed by atoms with Gasteiger partial charge in [-0.05, 0) is 42.5 Å². The number of methoxy groups -OCH3 is 1. The van der Waals surface area contributed by atoms with Gasteiger partial charge in [-0.15, -0.1) is 0 Å². The molecule has 2 aliphatic heterocycles. The molecule has 2 aliphatic rings. The normalized spacial score (nSPS) is 21.6. The molecule has 1 unspecified atom stereocenters. The van der Waals surface area contributed by atoms with Crippen molar-refractivity contribution in [2.75, 3.05) is 26.9 Å². The van der Waals surface area contributed by atoms with Gasteiger partial charge in [-0.25, -0.2) is 0 Å². The Labute approximate surface area is 171 Å². The van der Waals surface area contributed by atoms with Crippen molar-refractivity contribution >= 4 is 5.91 Å². The second-order valence-electron chi connectivity index (χ2n) is 7.59. The molecule has 2 heterocycles. The monoisotopic (exact) mass is 396 g/mol. The first kappa shape index (κ1) is 19.7. The molecule has 0 saturated carbocycles. The Morgan fingerprint density at radius 1 is 1.14 bits per heavy atom. The van der Waals surface area contributed by atoms with E-state index < -0.39 is 0 Å².